The van der Waals surface area contributed by atoms with E-state index in [-0.39, 0.29) is 24.6 Å². The van der Waals surface area contributed by atoms with Crippen LogP contribution in [0.4, 0.5) is 0 Å². The number of halogens is 1. The third kappa shape index (κ3) is 6.33. The van der Waals surface area contributed by atoms with E-state index in [1.807, 2.05) is 19.1 Å². The molecular weight excluding hydrogens is 418 g/mol. The van der Waals surface area contributed by atoms with Gasteiger partial charge in [0.1, 0.15) is 11.5 Å². The molecule has 7 nitrogen and oxygen atoms in total. The Morgan fingerprint density at radius 1 is 1.06 bits per heavy atom. The summed E-state index contributed by atoms with van der Waals surface area (Å²) in [5.74, 6) is 1.03. The van der Waals surface area contributed by atoms with Gasteiger partial charge >= 0.3 is 0 Å². The molecule has 0 aliphatic heterocycles. The average molecular weight is 442 g/mol. The maximum atomic E-state index is 12.3. The number of rotatable bonds is 9. The molecule has 1 heterocycles. The summed E-state index contributed by atoms with van der Waals surface area (Å²) in [6.45, 7) is 4.64. The number of ether oxygens (including phenoxy) is 2. The minimum atomic E-state index is -0.692. The van der Waals surface area contributed by atoms with E-state index < -0.39 is 6.10 Å². The zero-order chi connectivity index (χ0) is 22.2. The molecule has 0 bridgehead atoms. The lowest BCUT2D eigenvalue weighted by Crippen LogP contribution is -2.39. The van der Waals surface area contributed by atoms with E-state index in [9.17, 15) is 9.59 Å². The molecule has 0 fully saturated rings. The van der Waals surface area contributed by atoms with Crippen molar-refractivity contribution < 1.29 is 14.3 Å². The van der Waals surface area contributed by atoms with Gasteiger partial charge in [-0.05, 0) is 56.3 Å². The third-order valence-corrected chi connectivity index (χ3v) is 4.70. The van der Waals surface area contributed by atoms with Gasteiger partial charge in [0, 0.05) is 23.2 Å². The van der Waals surface area contributed by atoms with Crippen molar-refractivity contribution in [2.24, 2.45) is 0 Å². The second-order valence-electron chi connectivity index (χ2n) is 6.74. The van der Waals surface area contributed by atoms with Gasteiger partial charge in [-0.15, -0.1) is 0 Å². The Morgan fingerprint density at radius 2 is 1.74 bits per heavy atom. The lowest BCUT2D eigenvalue weighted by Gasteiger charge is -2.15. The third-order valence-electron chi connectivity index (χ3n) is 4.45. The SMILES string of the molecule is CCOc1ccc(OC(C)C(=O)NCCn2nc(-c3ccc(Cl)cc3)ccc2=O)cc1. The van der Waals surface area contributed by atoms with E-state index >= 15 is 0 Å². The predicted molar refractivity (Wildman–Crippen MR) is 120 cm³/mol. The highest BCUT2D eigenvalue weighted by molar-refractivity contribution is 6.30. The molecule has 0 aliphatic carbocycles. The highest BCUT2D eigenvalue weighted by atomic mass is 35.5. The first-order valence-electron chi connectivity index (χ1n) is 9.97. The van der Waals surface area contributed by atoms with Crippen molar-refractivity contribution in [2.45, 2.75) is 26.5 Å². The smallest absolute Gasteiger partial charge is 0.266 e. The molecule has 1 amide bonds. The van der Waals surface area contributed by atoms with Crippen LogP contribution in [0.5, 0.6) is 11.5 Å². The van der Waals surface area contributed by atoms with E-state index in [0.29, 0.717) is 23.1 Å². The van der Waals surface area contributed by atoms with Crippen molar-refractivity contribution in [3.05, 3.63) is 76.0 Å². The number of nitrogens with one attached hydrogen (secondary N) is 1. The summed E-state index contributed by atoms with van der Waals surface area (Å²) < 4.78 is 12.4. The largest absolute Gasteiger partial charge is 0.494 e. The first-order valence-corrected chi connectivity index (χ1v) is 10.4. The molecule has 31 heavy (non-hydrogen) atoms. The number of carbonyl (C=O) groups excluding carboxylic acids is 1. The van der Waals surface area contributed by atoms with Gasteiger partial charge in [0.05, 0.1) is 18.8 Å². The van der Waals surface area contributed by atoms with Gasteiger partial charge in [0.15, 0.2) is 6.10 Å². The summed E-state index contributed by atoms with van der Waals surface area (Å²) in [5.41, 5.74) is 1.25. The number of amides is 1. The van der Waals surface area contributed by atoms with E-state index in [2.05, 4.69) is 10.4 Å². The number of benzene rings is 2. The Morgan fingerprint density at radius 3 is 2.42 bits per heavy atom. The van der Waals surface area contributed by atoms with E-state index in [0.717, 1.165) is 11.3 Å². The zero-order valence-corrected chi connectivity index (χ0v) is 18.1. The van der Waals surface area contributed by atoms with Gasteiger partial charge in [-0.3, -0.25) is 9.59 Å². The molecule has 1 unspecified atom stereocenters. The highest BCUT2D eigenvalue weighted by Gasteiger charge is 2.14. The summed E-state index contributed by atoms with van der Waals surface area (Å²) in [5, 5.41) is 7.77. The van der Waals surface area contributed by atoms with Crippen molar-refractivity contribution >= 4 is 17.5 Å². The molecule has 3 aromatic rings. The summed E-state index contributed by atoms with van der Waals surface area (Å²) in [7, 11) is 0. The van der Waals surface area contributed by atoms with Crippen molar-refractivity contribution in [2.75, 3.05) is 13.2 Å². The van der Waals surface area contributed by atoms with Crippen LogP contribution < -0.4 is 20.3 Å². The topological polar surface area (TPSA) is 82.4 Å². The van der Waals surface area contributed by atoms with Gasteiger partial charge in [-0.2, -0.15) is 5.10 Å². The average Bonchev–Trinajstić information content (AvgIpc) is 2.77. The van der Waals surface area contributed by atoms with Gasteiger partial charge in [0.2, 0.25) is 0 Å². The number of hydrogen-bond donors (Lipinski definition) is 1. The van der Waals surface area contributed by atoms with Gasteiger partial charge in [0.25, 0.3) is 11.5 Å². The lowest BCUT2D eigenvalue weighted by molar-refractivity contribution is -0.127. The fourth-order valence-corrected chi connectivity index (χ4v) is 2.98. The Hall–Kier alpha value is -3.32. The number of nitrogens with zero attached hydrogens (tertiary/aromatic N) is 2. The zero-order valence-electron chi connectivity index (χ0n) is 17.4. The predicted octanol–water partition coefficient (Wildman–Crippen LogP) is 3.55. The minimum absolute atomic E-state index is 0.238. The van der Waals surface area contributed by atoms with Crippen LogP contribution in [0.2, 0.25) is 5.02 Å². The van der Waals surface area contributed by atoms with E-state index in [1.165, 1.54) is 10.7 Å². The fraction of sp³-hybridized carbons (Fsp3) is 0.261. The van der Waals surface area contributed by atoms with E-state index in [1.54, 1.807) is 49.4 Å². The van der Waals surface area contributed by atoms with Crippen molar-refractivity contribution in [3.63, 3.8) is 0 Å². The maximum absolute atomic E-state index is 12.3. The number of carbonyl (C=O) groups is 1. The minimum Gasteiger partial charge on any atom is -0.494 e. The van der Waals surface area contributed by atoms with Crippen molar-refractivity contribution in [1.82, 2.24) is 15.1 Å². The standard InChI is InChI=1S/C23H24ClN3O4/c1-3-30-19-8-10-20(11-9-19)31-16(2)23(29)25-14-15-27-22(28)13-12-21(26-27)17-4-6-18(24)7-5-17/h4-13,16H,3,14-15H2,1-2H3,(H,25,29). The molecule has 162 valence electrons. The van der Waals surface area contributed by atoms with Crippen LogP contribution >= 0.6 is 11.6 Å². The quantitative estimate of drug-likeness (QED) is 0.549. The second-order valence-corrected chi connectivity index (χ2v) is 7.18. The summed E-state index contributed by atoms with van der Waals surface area (Å²) >= 11 is 5.92. The van der Waals surface area contributed by atoms with Crippen LogP contribution in [0.3, 0.4) is 0 Å². The maximum Gasteiger partial charge on any atom is 0.266 e. The molecule has 1 N–H and O–H groups in total. The molecule has 0 radical (unpaired) electrons. The van der Waals surface area contributed by atoms with Gasteiger partial charge < -0.3 is 14.8 Å². The summed E-state index contributed by atoms with van der Waals surface area (Å²) in [6.07, 6.45) is -0.692. The van der Waals surface area contributed by atoms with Gasteiger partial charge in [-0.25, -0.2) is 4.68 Å². The van der Waals surface area contributed by atoms with E-state index in [4.69, 9.17) is 21.1 Å². The van der Waals surface area contributed by atoms with Crippen LogP contribution in [0.25, 0.3) is 11.3 Å². The molecule has 8 heteroatoms. The Labute approximate surface area is 185 Å². The first kappa shape index (κ1) is 22.4. The molecule has 0 saturated carbocycles. The van der Waals surface area contributed by atoms with Crippen LogP contribution in [0, 0.1) is 0 Å². The monoisotopic (exact) mass is 441 g/mol. The Balaban J connectivity index is 1.54. The molecular formula is C23H24ClN3O4. The molecule has 0 spiro atoms. The lowest BCUT2D eigenvalue weighted by atomic mass is 10.1. The highest BCUT2D eigenvalue weighted by Crippen LogP contribution is 2.19. The Bertz CT molecular complexity index is 1070. The molecule has 0 saturated heterocycles. The van der Waals surface area contributed by atoms with Crippen LogP contribution in [0.15, 0.2) is 65.5 Å². The normalized spacial score (nSPS) is 11.6. The van der Waals surface area contributed by atoms with Crippen LogP contribution in [-0.4, -0.2) is 34.9 Å². The van der Waals surface area contributed by atoms with Gasteiger partial charge in [-0.1, -0.05) is 23.7 Å². The number of hydrogen-bond acceptors (Lipinski definition) is 5. The molecule has 1 atom stereocenters. The van der Waals surface area contributed by atoms with Crippen molar-refractivity contribution in [1.29, 1.82) is 0 Å². The fourth-order valence-electron chi connectivity index (χ4n) is 2.85. The van der Waals surface area contributed by atoms with Crippen LogP contribution in [0.1, 0.15) is 13.8 Å². The number of aromatic nitrogens is 2. The van der Waals surface area contributed by atoms with Crippen LogP contribution in [-0.2, 0) is 11.3 Å². The summed E-state index contributed by atoms with van der Waals surface area (Å²) in [4.78, 5) is 24.4. The Kier molecular flexibility index (Phi) is 7.67. The molecule has 0 aliphatic rings. The first-order chi connectivity index (χ1) is 15.0. The van der Waals surface area contributed by atoms with Crippen molar-refractivity contribution in [3.8, 4) is 22.8 Å². The summed E-state index contributed by atoms with van der Waals surface area (Å²) in [6, 6.07) is 17.4. The molecule has 1 aromatic heterocycles. The molecule has 2 aromatic carbocycles. The molecule has 3 rings (SSSR count). The second kappa shape index (κ2) is 10.6.